The van der Waals surface area contributed by atoms with Gasteiger partial charge in [0.1, 0.15) is 5.60 Å². The summed E-state index contributed by atoms with van der Waals surface area (Å²) in [5, 5.41) is 10.3. The second-order valence-electron chi connectivity index (χ2n) is 7.57. The fraction of sp³-hybridized carbons (Fsp3) is 0.667. The lowest BCUT2D eigenvalue weighted by molar-refractivity contribution is -0.157. The van der Waals surface area contributed by atoms with E-state index in [0.29, 0.717) is 0 Å². The molecule has 0 aliphatic rings. The molecule has 0 amide bonds. The monoisotopic (exact) mass is 334 g/mol. The molecule has 0 fully saturated rings. The van der Waals surface area contributed by atoms with Crippen LogP contribution in [0.3, 0.4) is 0 Å². The van der Waals surface area contributed by atoms with Gasteiger partial charge < -0.3 is 9.84 Å². The molecule has 0 aliphatic heterocycles. The Morgan fingerprint density at radius 1 is 1.12 bits per heavy atom. The van der Waals surface area contributed by atoms with E-state index in [1.165, 1.54) is 44.1 Å². The van der Waals surface area contributed by atoms with Crippen LogP contribution in [0.15, 0.2) is 24.3 Å². The minimum atomic E-state index is -0.802. The highest BCUT2D eigenvalue weighted by Crippen LogP contribution is 2.21. The Kier molecular flexibility index (Phi) is 9.05. The average Bonchev–Trinajstić information content (AvgIpc) is 2.49. The van der Waals surface area contributed by atoms with Gasteiger partial charge >= 0.3 is 5.97 Å². The van der Waals surface area contributed by atoms with Crippen molar-refractivity contribution in [3.8, 4) is 0 Å². The van der Waals surface area contributed by atoms with Gasteiger partial charge in [0.25, 0.3) is 0 Å². The maximum Gasteiger partial charge on any atom is 0.309 e. The first-order valence-corrected chi connectivity index (χ1v) is 9.30. The highest BCUT2D eigenvalue weighted by Gasteiger charge is 2.20. The molecule has 136 valence electrons. The van der Waals surface area contributed by atoms with Crippen LogP contribution in [0.1, 0.15) is 89.9 Å². The van der Waals surface area contributed by atoms with Crippen LogP contribution >= 0.6 is 0 Å². The molecule has 1 atom stereocenters. The van der Waals surface area contributed by atoms with E-state index >= 15 is 0 Å². The van der Waals surface area contributed by atoms with Crippen molar-refractivity contribution in [2.75, 3.05) is 0 Å². The molecule has 0 heterocycles. The Hall–Kier alpha value is -1.35. The second kappa shape index (κ2) is 10.5. The first kappa shape index (κ1) is 20.7. The molecule has 3 heteroatoms. The molecule has 0 saturated heterocycles. The van der Waals surface area contributed by atoms with Crippen LogP contribution in [0, 0.1) is 0 Å². The third-order valence-electron chi connectivity index (χ3n) is 3.93. The quantitative estimate of drug-likeness (QED) is 0.463. The number of aryl methyl sites for hydroxylation is 1. The van der Waals surface area contributed by atoms with E-state index in [9.17, 15) is 9.90 Å². The van der Waals surface area contributed by atoms with Gasteiger partial charge in [0.05, 0.1) is 12.5 Å². The summed E-state index contributed by atoms with van der Waals surface area (Å²) < 4.78 is 5.27. The molecule has 0 bridgehead atoms. The van der Waals surface area contributed by atoms with Gasteiger partial charge in [-0.25, -0.2) is 0 Å². The zero-order valence-corrected chi connectivity index (χ0v) is 15.8. The van der Waals surface area contributed by atoms with E-state index in [1.54, 1.807) is 0 Å². The Morgan fingerprint density at radius 3 is 2.46 bits per heavy atom. The molecule has 1 aromatic rings. The van der Waals surface area contributed by atoms with Crippen LogP contribution in [0.25, 0.3) is 0 Å². The van der Waals surface area contributed by atoms with Crippen LogP contribution in [-0.4, -0.2) is 16.7 Å². The van der Waals surface area contributed by atoms with E-state index < -0.39 is 11.7 Å². The number of benzene rings is 1. The SMILES string of the molecule is CCCCCCCCc1cccc([C@H](O)CC(=O)OC(C)(C)C)c1. The smallest absolute Gasteiger partial charge is 0.309 e. The molecule has 1 aromatic carbocycles. The number of hydrogen-bond acceptors (Lipinski definition) is 3. The van der Waals surface area contributed by atoms with E-state index in [-0.39, 0.29) is 12.4 Å². The van der Waals surface area contributed by atoms with Gasteiger partial charge in [-0.1, -0.05) is 63.3 Å². The maximum atomic E-state index is 11.8. The third-order valence-corrected chi connectivity index (χ3v) is 3.93. The van der Waals surface area contributed by atoms with Gasteiger partial charge in [-0.05, 0) is 44.7 Å². The number of rotatable bonds is 10. The Labute approximate surface area is 147 Å². The first-order valence-electron chi connectivity index (χ1n) is 9.30. The fourth-order valence-electron chi connectivity index (χ4n) is 2.72. The van der Waals surface area contributed by atoms with Gasteiger partial charge in [0.15, 0.2) is 0 Å². The fourth-order valence-corrected chi connectivity index (χ4v) is 2.72. The normalized spacial score (nSPS) is 12.9. The number of aliphatic hydroxyl groups is 1. The largest absolute Gasteiger partial charge is 0.460 e. The molecule has 24 heavy (non-hydrogen) atoms. The maximum absolute atomic E-state index is 11.8. The lowest BCUT2D eigenvalue weighted by Gasteiger charge is -2.20. The molecule has 0 unspecified atom stereocenters. The average molecular weight is 335 g/mol. The van der Waals surface area contributed by atoms with Gasteiger partial charge in [0, 0.05) is 0 Å². The van der Waals surface area contributed by atoms with Crippen molar-refractivity contribution in [1.82, 2.24) is 0 Å². The molecule has 0 aliphatic carbocycles. The number of aliphatic hydroxyl groups excluding tert-OH is 1. The van der Waals surface area contributed by atoms with Crippen LogP contribution < -0.4 is 0 Å². The number of esters is 1. The topological polar surface area (TPSA) is 46.5 Å². The summed E-state index contributed by atoms with van der Waals surface area (Å²) in [5.74, 6) is -0.365. The van der Waals surface area contributed by atoms with Crippen molar-refractivity contribution in [3.05, 3.63) is 35.4 Å². The van der Waals surface area contributed by atoms with E-state index in [1.807, 2.05) is 39.0 Å². The second-order valence-corrected chi connectivity index (χ2v) is 7.57. The highest BCUT2D eigenvalue weighted by atomic mass is 16.6. The van der Waals surface area contributed by atoms with E-state index in [4.69, 9.17) is 4.74 Å². The standard InChI is InChI=1S/C21H34O3/c1-5-6-7-8-9-10-12-17-13-11-14-18(15-17)19(22)16-20(23)24-21(2,3)4/h11,13-15,19,22H,5-10,12,16H2,1-4H3/t19-/m1/s1. The Balaban J connectivity index is 2.44. The number of unbranched alkanes of at least 4 members (excludes halogenated alkanes) is 5. The molecule has 0 spiro atoms. The highest BCUT2D eigenvalue weighted by molar-refractivity contribution is 5.70. The van der Waals surface area contributed by atoms with Crippen molar-refractivity contribution in [2.45, 2.75) is 90.8 Å². The summed E-state index contributed by atoms with van der Waals surface area (Å²) in [7, 11) is 0. The van der Waals surface area contributed by atoms with Crippen molar-refractivity contribution in [2.24, 2.45) is 0 Å². The molecule has 0 radical (unpaired) electrons. The molecule has 0 aromatic heterocycles. The summed E-state index contributed by atoms with van der Waals surface area (Å²) in [5.41, 5.74) is 1.51. The third kappa shape index (κ3) is 9.07. The molecule has 3 nitrogen and oxygen atoms in total. The number of carbonyl (C=O) groups excluding carboxylic acids is 1. The minimum absolute atomic E-state index is 0.00224. The zero-order chi connectivity index (χ0) is 18.0. The van der Waals surface area contributed by atoms with Crippen molar-refractivity contribution >= 4 is 5.97 Å². The Morgan fingerprint density at radius 2 is 1.79 bits per heavy atom. The predicted molar refractivity (Wildman–Crippen MR) is 98.9 cm³/mol. The van der Waals surface area contributed by atoms with Crippen LogP contribution in [0.2, 0.25) is 0 Å². The zero-order valence-electron chi connectivity index (χ0n) is 15.8. The summed E-state index contributed by atoms with van der Waals surface area (Å²) in [6.45, 7) is 7.73. The number of hydrogen-bond donors (Lipinski definition) is 1. The lowest BCUT2D eigenvalue weighted by atomic mass is 10.00. The van der Waals surface area contributed by atoms with Crippen molar-refractivity contribution in [3.63, 3.8) is 0 Å². The molecule has 1 rings (SSSR count). The summed E-state index contributed by atoms with van der Waals surface area (Å²) in [6, 6.07) is 7.94. The van der Waals surface area contributed by atoms with Gasteiger partial charge in [-0.15, -0.1) is 0 Å². The van der Waals surface area contributed by atoms with Gasteiger partial charge in [-0.2, -0.15) is 0 Å². The molecular formula is C21H34O3. The summed E-state index contributed by atoms with van der Waals surface area (Å²) in [6.07, 6.45) is 7.88. The number of ether oxygens (including phenoxy) is 1. The van der Waals surface area contributed by atoms with Crippen molar-refractivity contribution < 1.29 is 14.6 Å². The molecular weight excluding hydrogens is 300 g/mol. The minimum Gasteiger partial charge on any atom is -0.460 e. The molecule has 1 N–H and O–H groups in total. The van der Waals surface area contributed by atoms with Crippen LogP contribution in [-0.2, 0) is 16.0 Å². The summed E-state index contributed by atoms with van der Waals surface area (Å²) >= 11 is 0. The number of carbonyl (C=O) groups is 1. The molecule has 0 saturated carbocycles. The Bertz CT molecular complexity index is 488. The van der Waals surface area contributed by atoms with Gasteiger partial charge in [0.2, 0.25) is 0 Å². The van der Waals surface area contributed by atoms with Crippen LogP contribution in [0.5, 0.6) is 0 Å². The van der Waals surface area contributed by atoms with E-state index in [0.717, 1.165) is 12.0 Å². The summed E-state index contributed by atoms with van der Waals surface area (Å²) in [4.78, 5) is 11.8. The van der Waals surface area contributed by atoms with Gasteiger partial charge in [-0.3, -0.25) is 4.79 Å². The first-order chi connectivity index (χ1) is 11.3. The van der Waals surface area contributed by atoms with E-state index in [2.05, 4.69) is 13.0 Å². The lowest BCUT2D eigenvalue weighted by Crippen LogP contribution is -2.24. The van der Waals surface area contributed by atoms with Crippen LogP contribution in [0.4, 0.5) is 0 Å². The van der Waals surface area contributed by atoms with Crippen molar-refractivity contribution in [1.29, 1.82) is 0 Å². The predicted octanol–water partition coefficient (Wildman–Crippen LogP) is 5.35.